The number of unbranched alkanes of at least 4 members (excludes halogenated alkanes) is 1. The Morgan fingerprint density at radius 1 is 1.20 bits per heavy atom. The summed E-state index contributed by atoms with van der Waals surface area (Å²) in [6.07, 6.45) is 5.40. The average molecular weight is 433 g/mol. The Kier molecular flexibility index (Phi) is 10.7. The highest BCUT2D eigenvalue weighted by atomic mass is 28.4. The monoisotopic (exact) mass is 432 g/mol. The van der Waals surface area contributed by atoms with E-state index in [9.17, 15) is 4.79 Å². The fraction of sp³-hybridized carbons (Fsp3) is 0.560. The van der Waals surface area contributed by atoms with E-state index < -0.39 is 14.4 Å². The molecule has 0 bridgehead atoms. The molecule has 0 radical (unpaired) electrons. The van der Waals surface area contributed by atoms with Gasteiger partial charge >= 0.3 is 0 Å². The second-order valence-corrected chi connectivity index (χ2v) is 14.1. The van der Waals surface area contributed by atoms with Gasteiger partial charge in [0.05, 0.1) is 13.7 Å². The molecule has 1 aromatic carbocycles. The Hall–Kier alpha value is -1.69. The molecule has 0 amide bonds. The number of ketones is 1. The van der Waals surface area contributed by atoms with Crippen molar-refractivity contribution in [2.24, 2.45) is 0 Å². The molecule has 1 rings (SSSR count). The first-order valence-corrected chi connectivity index (χ1v) is 13.6. The number of methoxy groups -OCH3 is 1. The highest BCUT2D eigenvalue weighted by Gasteiger charge is 2.40. The summed E-state index contributed by atoms with van der Waals surface area (Å²) in [6.45, 7) is 18.0. The van der Waals surface area contributed by atoms with E-state index in [0.29, 0.717) is 19.6 Å². The first kappa shape index (κ1) is 26.3. The molecule has 0 saturated carbocycles. The van der Waals surface area contributed by atoms with E-state index in [2.05, 4.69) is 40.4 Å². The second-order valence-electron chi connectivity index (χ2n) is 9.38. The van der Waals surface area contributed by atoms with Gasteiger partial charge in [-0.05, 0) is 61.7 Å². The molecular formula is C25H40O4Si. The molecule has 0 aliphatic heterocycles. The van der Waals surface area contributed by atoms with E-state index in [0.717, 1.165) is 29.7 Å². The number of carbonyl (C=O) groups excluding carboxylic acids is 1. The van der Waals surface area contributed by atoms with Crippen LogP contribution in [0, 0.1) is 0 Å². The first-order valence-electron chi connectivity index (χ1n) is 10.7. The summed E-state index contributed by atoms with van der Waals surface area (Å²) in [7, 11) is -0.368. The lowest BCUT2D eigenvalue weighted by atomic mass is 10.1. The van der Waals surface area contributed by atoms with Gasteiger partial charge in [-0.3, -0.25) is 4.79 Å². The van der Waals surface area contributed by atoms with Crippen molar-refractivity contribution >= 4 is 14.1 Å². The fourth-order valence-electron chi connectivity index (χ4n) is 2.57. The van der Waals surface area contributed by atoms with Crippen LogP contribution < -0.4 is 4.74 Å². The zero-order valence-corrected chi connectivity index (χ0v) is 20.9. The lowest BCUT2D eigenvalue weighted by Gasteiger charge is -2.38. The van der Waals surface area contributed by atoms with Crippen LogP contribution in [0.4, 0.5) is 0 Å². The van der Waals surface area contributed by atoms with E-state index in [4.69, 9.17) is 13.9 Å². The zero-order valence-electron chi connectivity index (χ0n) is 19.9. The van der Waals surface area contributed by atoms with Gasteiger partial charge in [0.25, 0.3) is 0 Å². The van der Waals surface area contributed by atoms with Crippen molar-refractivity contribution in [1.82, 2.24) is 0 Å². The van der Waals surface area contributed by atoms with E-state index >= 15 is 0 Å². The normalized spacial score (nSPS) is 13.4. The van der Waals surface area contributed by atoms with Crippen molar-refractivity contribution in [3.8, 4) is 5.75 Å². The molecule has 0 aromatic heterocycles. The minimum atomic E-state index is -2.02. The van der Waals surface area contributed by atoms with Crippen molar-refractivity contribution in [2.45, 2.75) is 77.8 Å². The lowest BCUT2D eigenvalue weighted by Crippen LogP contribution is -2.45. The van der Waals surface area contributed by atoms with Crippen molar-refractivity contribution < 1.29 is 18.7 Å². The number of allylic oxidation sites excluding steroid dienone is 1. The molecule has 0 fully saturated rings. The molecule has 0 spiro atoms. The smallest absolute Gasteiger partial charge is 0.193 e. The van der Waals surface area contributed by atoms with E-state index in [1.54, 1.807) is 13.2 Å². The third-order valence-corrected chi connectivity index (χ3v) is 9.95. The standard InChI is InChI=1S/C25H40O4Si/c1-20(2)18-24(29-30(7,8)25(3,4)5)23(26)12-10-9-11-17-28-19-21-13-15-22(27-6)16-14-21/h10,12-16,24H,1,9,11,17-19H2,2-8H3/b12-10+/t24-/m1/s1. The SMILES string of the molecule is C=C(C)C[C@@H](O[Si](C)(C)C(C)(C)C)C(=O)/C=C/CCCOCc1ccc(OC)cc1. The molecule has 30 heavy (non-hydrogen) atoms. The molecule has 0 unspecified atom stereocenters. The van der Waals surface area contributed by atoms with Gasteiger partial charge in [-0.2, -0.15) is 0 Å². The molecule has 0 N–H and O–H groups in total. The first-order chi connectivity index (χ1) is 14.0. The summed E-state index contributed by atoms with van der Waals surface area (Å²) in [5, 5.41) is 0.0611. The molecule has 0 heterocycles. The number of benzene rings is 1. The van der Waals surface area contributed by atoms with E-state index in [1.807, 2.05) is 37.3 Å². The number of carbonyl (C=O) groups is 1. The minimum Gasteiger partial charge on any atom is -0.497 e. The molecule has 0 aliphatic rings. The van der Waals surface area contributed by atoms with Crippen molar-refractivity contribution in [3.05, 3.63) is 54.1 Å². The van der Waals surface area contributed by atoms with Crippen LogP contribution in [0.2, 0.25) is 18.1 Å². The highest BCUT2D eigenvalue weighted by molar-refractivity contribution is 6.74. The van der Waals surface area contributed by atoms with Crippen LogP contribution in [0.5, 0.6) is 5.75 Å². The quantitative estimate of drug-likeness (QED) is 0.155. The zero-order chi connectivity index (χ0) is 22.8. The number of hydrogen-bond donors (Lipinski definition) is 0. The second kappa shape index (κ2) is 12.2. The van der Waals surface area contributed by atoms with Gasteiger partial charge in [-0.25, -0.2) is 0 Å². The summed E-state index contributed by atoms with van der Waals surface area (Å²) in [6, 6.07) is 7.86. The van der Waals surface area contributed by atoms with Crippen LogP contribution in [0.25, 0.3) is 0 Å². The van der Waals surface area contributed by atoms with Gasteiger partial charge in [-0.15, -0.1) is 6.58 Å². The van der Waals surface area contributed by atoms with Crippen LogP contribution in [-0.4, -0.2) is 33.9 Å². The topological polar surface area (TPSA) is 44.8 Å². The van der Waals surface area contributed by atoms with E-state index in [-0.39, 0.29) is 10.8 Å². The van der Waals surface area contributed by atoms with Crippen LogP contribution in [0.3, 0.4) is 0 Å². The highest BCUT2D eigenvalue weighted by Crippen LogP contribution is 2.38. The van der Waals surface area contributed by atoms with Crippen LogP contribution in [0.1, 0.15) is 52.5 Å². The largest absolute Gasteiger partial charge is 0.497 e. The van der Waals surface area contributed by atoms with Gasteiger partial charge in [0.2, 0.25) is 0 Å². The molecule has 0 saturated heterocycles. The molecule has 1 aromatic rings. The number of ether oxygens (including phenoxy) is 2. The fourth-order valence-corrected chi connectivity index (χ4v) is 3.84. The minimum absolute atomic E-state index is 0.0296. The number of rotatable bonds is 13. The molecular weight excluding hydrogens is 392 g/mol. The van der Waals surface area contributed by atoms with Crippen molar-refractivity contribution in [1.29, 1.82) is 0 Å². The maximum absolute atomic E-state index is 12.7. The van der Waals surface area contributed by atoms with Gasteiger partial charge in [0.1, 0.15) is 11.9 Å². The summed E-state index contributed by atoms with van der Waals surface area (Å²) in [5.41, 5.74) is 2.08. The maximum Gasteiger partial charge on any atom is 0.193 e. The summed E-state index contributed by atoms with van der Waals surface area (Å²) in [4.78, 5) is 12.7. The summed E-state index contributed by atoms with van der Waals surface area (Å²) in [5.74, 6) is 0.873. The predicted molar refractivity (Wildman–Crippen MR) is 128 cm³/mol. The maximum atomic E-state index is 12.7. The Balaban J connectivity index is 2.44. The van der Waals surface area contributed by atoms with Crippen LogP contribution in [0.15, 0.2) is 48.6 Å². The third-order valence-electron chi connectivity index (χ3n) is 5.46. The van der Waals surface area contributed by atoms with E-state index in [1.165, 1.54) is 0 Å². The molecule has 4 nitrogen and oxygen atoms in total. The van der Waals surface area contributed by atoms with Crippen molar-refractivity contribution in [3.63, 3.8) is 0 Å². The Morgan fingerprint density at radius 2 is 1.83 bits per heavy atom. The summed E-state index contributed by atoms with van der Waals surface area (Å²) < 4.78 is 17.2. The Morgan fingerprint density at radius 3 is 2.37 bits per heavy atom. The summed E-state index contributed by atoms with van der Waals surface area (Å²) >= 11 is 0. The van der Waals surface area contributed by atoms with Crippen LogP contribution in [-0.2, 0) is 20.6 Å². The average Bonchev–Trinajstić information content (AvgIpc) is 2.65. The third kappa shape index (κ3) is 9.41. The molecule has 1 atom stereocenters. The Bertz CT molecular complexity index is 699. The molecule has 168 valence electrons. The molecule has 5 heteroatoms. The lowest BCUT2D eigenvalue weighted by molar-refractivity contribution is -0.121. The van der Waals surface area contributed by atoms with Crippen LogP contribution >= 0.6 is 0 Å². The van der Waals surface area contributed by atoms with Gasteiger partial charge in [0.15, 0.2) is 14.1 Å². The molecule has 0 aliphatic carbocycles. The van der Waals surface area contributed by atoms with Gasteiger partial charge in [0, 0.05) is 13.0 Å². The van der Waals surface area contributed by atoms with Gasteiger partial charge in [-0.1, -0.05) is 44.6 Å². The number of hydrogen-bond acceptors (Lipinski definition) is 4. The predicted octanol–water partition coefficient (Wildman–Crippen LogP) is 6.47. The van der Waals surface area contributed by atoms with Gasteiger partial charge < -0.3 is 13.9 Å². The van der Waals surface area contributed by atoms with Crippen molar-refractivity contribution in [2.75, 3.05) is 13.7 Å². The Labute approximate surface area is 184 Å².